The first-order chi connectivity index (χ1) is 9.06. The number of aryl methyl sites for hydroxylation is 1. The van der Waals surface area contributed by atoms with Crippen LogP contribution in [0.2, 0.25) is 0 Å². The summed E-state index contributed by atoms with van der Waals surface area (Å²) in [5, 5.41) is 12.3. The number of nitrogens with one attached hydrogen (secondary N) is 1. The van der Waals surface area contributed by atoms with Crippen LogP contribution >= 0.6 is 0 Å². The molecule has 1 aliphatic rings. The van der Waals surface area contributed by atoms with Crippen molar-refractivity contribution in [3.8, 4) is 0 Å². The van der Waals surface area contributed by atoms with E-state index >= 15 is 0 Å². The average molecular weight is 266 g/mol. The van der Waals surface area contributed by atoms with Crippen LogP contribution in [0, 0.1) is 6.92 Å². The monoisotopic (exact) mass is 266 g/mol. The van der Waals surface area contributed by atoms with Crippen molar-refractivity contribution in [3.63, 3.8) is 0 Å². The molecule has 2 rings (SSSR count). The minimum atomic E-state index is -1.01. The summed E-state index contributed by atoms with van der Waals surface area (Å²) in [6.45, 7) is 7.88. The number of carboxylic acids is 1. The van der Waals surface area contributed by atoms with Gasteiger partial charge in [-0.05, 0) is 45.8 Å². The SMILES string of the molecule is Cc1cc(CNC(C)CN2CCCC2)oc1C(=O)O. The van der Waals surface area contributed by atoms with Crippen LogP contribution in [0.4, 0.5) is 0 Å². The van der Waals surface area contributed by atoms with Gasteiger partial charge in [0.15, 0.2) is 0 Å². The fourth-order valence-electron chi connectivity index (χ4n) is 2.54. The van der Waals surface area contributed by atoms with E-state index in [0.717, 1.165) is 6.54 Å². The van der Waals surface area contributed by atoms with Crippen LogP contribution in [0.15, 0.2) is 10.5 Å². The molecule has 1 aromatic rings. The molecule has 5 nitrogen and oxygen atoms in total. The molecule has 1 saturated heterocycles. The zero-order valence-corrected chi connectivity index (χ0v) is 11.6. The number of rotatable bonds is 6. The molecule has 1 atom stereocenters. The van der Waals surface area contributed by atoms with Crippen molar-refractivity contribution >= 4 is 5.97 Å². The van der Waals surface area contributed by atoms with Crippen molar-refractivity contribution in [1.29, 1.82) is 0 Å². The highest BCUT2D eigenvalue weighted by Gasteiger charge is 2.16. The molecule has 1 unspecified atom stereocenters. The van der Waals surface area contributed by atoms with E-state index < -0.39 is 5.97 Å². The maximum atomic E-state index is 10.9. The molecule has 5 heteroatoms. The molecule has 0 bridgehead atoms. The Labute approximate surface area is 113 Å². The van der Waals surface area contributed by atoms with E-state index in [2.05, 4.69) is 17.1 Å². The van der Waals surface area contributed by atoms with Gasteiger partial charge < -0.3 is 19.7 Å². The first-order valence-electron chi connectivity index (χ1n) is 6.84. The summed E-state index contributed by atoms with van der Waals surface area (Å²) in [5.74, 6) is -0.277. The lowest BCUT2D eigenvalue weighted by atomic mass is 10.2. The quantitative estimate of drug-likeness (QED) is 0.822. The average Bonchev–Trinajstić information content (AvgIpc) is 2.96. The van der Waals surface area contributed by atoms with Crippen LogP contribution in [0.5, 0.6) is 0 Å². The third-order valence-corrected chi connectivity index (χ3v) is 3.52. The topological polar surface area (TPSA) is 65.7 Å². The van der Waals surface area contributed by atoms with Crippen molar-refractivity contribution in [2.24, 2.45) is 0 Å². The van der Waals surface area contributed by atoms with E-state index in [1.54, 1.807) is 13.0 Å². The minimum Gasteiger partial charge on any atom is -0.475 e. The molecule has 1 aliphatic heterocycles. The van der Waals surface area contributed by atoms with E-state index in [4.69, 9.17) is 9.52 Å². The summed E-state index contributed by atoms with van der Waals surface area (Å²) < 4.78 is 5.32. The maximum absolute atomic E-state index is 10.9. The lowest BCUT2D eigenvalue weighted by Crippen LogP contribution is -2.37. The fourth-order valence-corrected chi connectivity index (χ4v) is 2.54. The predicted molar refractivity (Wildman–Crippen MR) is 72.4 cm³/mol. The fraction of sp³-hybridized carbons (Fsp3) is 0.643. The molecule has 0 aromatic carbocycles. The summed E-state index contributed by atoms with van der Waals surface area (Å²) in [6.07, 6.45) is 2.60. The van der Waals surface area contributed by atoms with Gasteiger partial charge in [-0.1, -0.05) is 0 Å². The first-order valence-corrected chi connectivity index (χ1v) is 6.84. The zero-order chi connectivity index (χ0) is 13.8. The van der Waals surface area contributed by atoms with Gasteiger partial charge in [-0.3, -0.25) is 0 Å². The number of hydrogen-bond acceptors (Lipinski definition) is 4. The van der Waals surface area contributed by atoms with E-state index in [1.807, 2.05) is 0 Å². The Hall–Kier alpha value is -1.33. The van der Waals surface area contributed by atoms with Gasteiger partial charge >= 0.3 is 5.97 Å². The van der Waals surface area contributed by atoms with Crippen molar-refractivity contribution < 1.29 is 14.3 Å². The van der Waals surface area contributed by atoms with Crippen LogP contribution in [0.25, 0.3) is 0 Å². The van der Waals surface area contributed by atoms with Gasteiger partial charge in [-0.2, -0.15) is 0 Å². The summed E-state index contributed by atoms with van der Waals surface area (Å²) in [4.78, 5) is 13.3. The summed E-state index contributed by atoms with van der Waals surface area (Å²) in [7, 11) is 0. The molecular formula is C14H22N2O3. The third-order valence-electron chi connectivity index (χ3n) is 3.52. The lowest BCUT2D eigenvalue weighted by molar-refractivity contribution is 0.0659. The van der Waals surface area contributed by atoms with Crippen molar-refractivity contribution in [1.82, 2.24) is 10.2 Å². The highest BCUT2D eigenvalue weighted by Crippen LogP contribution is 2.14. The van der Waals surface area contributed by atoms with E-state index in [1.165, 1.54) is 25.9 Å². The molecule has 1 fully saturated rings. The summed E-state index contributed by atoms with van der Waals surface area (Å²) in [6, 6.07) is 2.16. The summed E-state index contributed by atoms with van der Waals surface area (Å²) in [5.41, 5.74) is 0.677. The van der Waals surface area contributed by atoms with Crippen LogP contribution in [-0.4, -0.2) is 41.7 Å². The van der Waals surface area contributed by atoms with E-state index in [-0.39, 0.29) is 5.76 Å². The van der Waals surface area contributed by atoms with Crippen molar-refractivity contribution in [2.45, 2.75) is 39.3 Å². The molecule has 0 saturated carbocycles. The number of carboxylic acid groups (broad SMARTS) is 1. The largest absolute Gasteiger partial charge is 0.475 e. The third kappa shape index (κ3) is 3.81. The molecule has 0 radical (unpaired) electrons. The first kappa shape index (κ1) is 14.1. The molecule has 106 valence electrons. The molecule has 0 aliphatic carbocycles. The van der Waals surface area contributed by atoms with E-state index in [9.17, 15) is 4.79 Å². The molecule has 0 amide bonds. The van der Waals surface area contributed by atoms with Gasteiger partial charge in [0.2, 0.25) is 5.76 Å². The Bertz CT molecular complexity index is 436. The van der Waals surface area contributed by atoms with Crippen LogP contribution in [0.3, 0.4) is 0 Å². The zero-order valence-electron chi connectivity index (χ0n) is 11.6. The van der Waals surface area contributed by atoms with Gasteiger partial charge in [0, 0.05) is 18.2 Å². The Balaban J connectivity index is 1.81. The Kier molecular flexibility index (Phi) is 4.61. The minimum absolute atomic E-state index is 0.0454. The highest BCUT2D eigenvalue weighted by atomic mass is 16.4. The Morgan fingerprint density at radius 3 is 2.79 bits per heavy atom. The second-order valence-electron chi connectivity index (χ2n) is 5.32. The Morgan fingerprint density at radius 1 is 1.53 bits per heavy atom. The summed E-state index contributed by atoms with van der Waals surface area (Å²) >= 11 is 0. The van der Waals surface area contributed by atoms with Crippen LogP contribution in [0.1, 0.15) is 41.6 Å². The molecular weight excluding hydrogens is 244 g/mol. The van der Waals surface area contributed by atoms with Crippen molar-refractivity contribution in [2.75, 3.05) is 19.6 Å². The molecule has 2 heterocycles. The number of nitrogens with zero attached hydrogens (tertiary/aromatic N) is 1. The second-order valence-corrected chi connectivity index (χ2v) is 5.32. The number of likely N-dealkylation sites (tertiary alicyclic amines) is 1. The molecule has 19 heavy (non-hydrogen) atoms. The molecule has 1 aromatic heterocycles. The van der Waals surface area contributed by atoms with Crippen molar-refractivity contribution in [3.05, 3.63) is 23.2 Å². The highest BCUT2D eigenvalue weighted by molar-refractivity contribution is 5.86. The Morgan fingerprint density at radius 2 is 2.21 bits per heavy atom. The number of aromatic carboxylic acids is 1. The standard InChI is InChI=1S/C14H22N2O3/c1-10-7-12(19-13(10)14(17)18)8-15-11(2)9-16-5-3-4-6-16/h7,11,15H,3-6,8-9H2,1-2H3,(H,17,18). The van der Waals surface area contributed by atoms with Gasteiger partial charge in [0.25, 0.3) is 0 Å². The van der Waals surface area contributed by atoms with Crippen LogP contribution < -0.4 is 5.32 Å². The lowest BCUT2D eigenvalue weighted by Gasteiger charge is -2.20. The predicted octanol–water partition coefficient (Wildman–Crippen LogP) is 1.86. The number of furan rings is 1. The molecule has 2 N–H and O–H groups in total. The second kappa shape index (κ2) is 6.21. The van der Waals surface area contributed by atoms with Gasteiger partial charge in [-0.15, -0.1) is 0 Å². The smallest absolute Gasteiger partial charge is 0.372 e. The maximum Gasteiger partial charge on any atom is 0.372 e. The number of hydrogen-bond donors (Lipinski definition) is 2. The molecule has 0 spiro atoms. The van der Waals surface area contributed by atoms with Crippen LogP contribution in [-0.2, 0) is 6.54 Å². The number of carbonyl (C=O) groups is 1. The van der Waals surface area contributed by atoms with Gasteiger partial charge in [0.1, 0.15) is 5.76 Å². The normalized spacial score (nSPS) is 17.8. The van der Waals surface area contributed by atoms with Gasteiger partial charge in [0.05, 0.1) is 6.54 Å². The van der Waals surface area contributed by atoms with E-state index in [0.29, 0.717) is 23.9 Å². The van der Waals surface area contributed by atoms with Gasteiger partial charge in [-0.25, -0.2) is 4.79 Å².